The molecule has 1 saturated carbocycles. The Kier molecular flexibility index (Phi) is 8.15. The van der Waals surface area contributed by atoms with Gasteiger partial charge in [0.2, 0.25) is 5.91 Å². The molecule has 1 saturated heterocycles. The zero-order chi connectivity index (χ0) is 20.0. The number of carboxylic acids is 1. The Morgan fingerprint density at radius 1 is 1.15 bits per heavy atom. The van der Waals surface area contributed by atoms with Gasteiger partial charge in [0.15, 0.2) is 0 Å². The lowest BCUT2D eigenvalue weighted by Crippen LogP contribution is -2.45. The van der Waals surface area contributed by atoms with Gasteiger partial charge in [0.1, 0.15) is 5.60 Å². The van der Waals surface area contributed by atoms with E-state index in [1.807, 2.05) is 20.8 Å². The Morgan fingerprint density at radius 3 is 2.52 bits per heavy atom. The van der Waals surface area contributed by atoms with Crippen molar-refractivity contribution in [3.05, 3.63) is 0 Å². The van der Waals surface area contributed by atoms with Crippen LogP contribution in [0.15, 0.2) is 0 Å². The van der Waals surface area contributed by atoms with E-state index in [0.29, 0.717) is 31.3 Å². The average molecular weight is 419 g/mol. The van der Waals surface area contributed by atoms with E-state index in [1.165, 1.54) is 10.8 Å². The van der Waals surface area contributed by atoms with E-state index in [2.05, 4.69) is 5.32 Å². The summed E-state index contributed by atoms with van der Waals surface area (Å²) in [4.78, 5) is 37.0. The zero-order valence-electron chi connectivity index (χ0n) is 16.2. The molecule has 2 rings (SSSR count). The number of nitrogens with one attached hydrogen (secondary N) is 1. The summed E-state index contributed by atoms with van der Waals surface area (Å²) in [5, 5.41) is 11.6. The van der Waals surface area contributed by atoms with Gasteiger partial charge in [-0.3, -0.25) is 9.59 Å². The molecule has 0 aromatic rings. The van der Waals surface area contributed by atoms with E-state index in [0.717, 1.165) is 18.6 Å². The predicted octanol–water partition coefficient (Wildman–Crippen LogP) is 2.85. The van der Waals surface area contributed by atoms with Gasteiger partial charge in [-0.05, 0) is 45.4 Å². The number of nitrogens with zero attached hydrogens (tertiary/aromatic N) is 1. The van der Waals surface area contributed by atoms with Gasteiger partial charge < -0.3 is 20.1 Å². The highest BCUT2D eigenvalue weighted by atomic mass is 33.1. The van der Waals surface area contributed by atoms with Crippen LogP contribution in [-0.2, 0) is 14.3 Å². The van der Waals surface area contributed by atoms with Crippen molar-refractivity contribution >= 4 is 39.6 Å². The summed E-state index contributed by atoms with van der Waals surface area (Å²) in [6.07, 6.45) is 1.70. The van der Waals surface area contributed by atoms with Crippen LogP contribution in [-0.4, -0.2) is 64.7 Å². The third-order valence-corrected chi connectivity index (χ3v) is 7.09. The molecule has 1 aliphatic heterocycles. The minimum Gasteiger partial charge on any atom is -0.481 e. The molecule has 2 N–H and O–H groups in total. The maximum atomic E-state index is 12.5. The molecule has 1 heterocycles. The highest BCUT2D eigenvalue weighted by Crippen LogP contribution is 2.41. The van der Waals surface area contributed by atoms with Crippen LogP contribution in [0.25, 0.3) is 0 Å². The normalized spacial score (nSPS) is 24.6. The molecule has 0 radical (unpaired) electrons. The third-order valence-electron chi connectivity index (χ3n) is 4.68. The Morgan fingerprint density at radius 2 is 1.85 bits per heavy atom. The first-order chi connectivity index (χ1) is 12.7. The number of hydrogen-bond acceptors (Lipinski definition) is 6. The number of hydrogen-bond donors (Lipinski definition) is 2. The lowest BCUT2D eigenvalue weighted by molar-refractivity contribution is -0.136. The third kappa shape index (κ3) is 7.44. The van der Waals surface area contributed by atoms with Crippen LogP contribution < -0.4 is 5.32 Å². The largest absolute Gasteiger partial charge is 0.481 e. The second-order valence-corrected chi connectivity index (χ2v) is 10.9. The van der Waals surface area contributed by atoms with Gasteiger partial charge in [-0.1, -0.05) is 21.6 Å². The molecule has 2 aliphatic rings. The molecule has 0 aromatic heterocycles. The number of amides is 2. The number of carboxylic acid groups (broad SMARTS) is 1. The first-order valence-electron chi connectivity index (χ1n) is 9.37. The average Bonchev–Trinajstić information content (AvgIpc) is 2.86. The minimum atomic E-state index is -0.788. The molecule has 2 fully saturated rings. The molecular formula is C18H30N2O5S2. The monoisotopic (exact) mass is 418 g/mol. The summed E-state index contributed by atoms with van der Waals surface area (Å²) < 4.78 is 5.47. The molecule has 7 nitrogen and oxygen atoms in total. The summed E-state index contributed by atoms with van der Waals surface area (Å²) in [5.74, 6) is 1.14. The van der Waals surface area contributed by atoms with Gasteiger partial charge in [-0.25, -0.2) is 4.79 Å². The van der Waals surface area contributed by atoms with E-state index in [4.69, 9.17) is 9.84 Å². The molecule has 1 aliphatic carbocycles. The first kappa shape index (κ1) is 22.2. The Balaban J connectivity index is 1.70. The maximum absolute atomic E-state index is 12.5. The number of rotatable bonds is 8. The summed E-state index contributed by atoms with van der Waals surface area (Å²) >= 11 is 0. The standard InChI is InChI=1S/C18H30N2O5S2/c1-18(2,3)25-17(24)20-10-12-8-13(11-20)14(9-12)16(23)19-5-7-27-26-6-4-15(21)22/h12-14H,4-11H2,1-3H3,(H,19,23)(H,21,22). The van der Waals surface area contributed by atoms with Crippen LogP contribution in [0, 0.1) is 17.8 Å². The summed E-state index contributed by atoms with van der Waals surface area (Å²) in [6, 6.07) is 0. The first-order valence-corrected chi connectivity index (χ1v) is 11.9. The van der Waals surface area contributed by atoms with Crippen LogP contribution in [0.3, 0.4) is 0 Å². The molecule has 0 spiro atoms. The van der Waals surface area contributed by atoms with Crippen molar-refractivity contribution in [2.75, 3.05) is 31.1 Å². The van der Waals surface area contributed by atoms with Gasteiger partial charge in [-0.15, -0.1) is 0 Å². The summed E-state index contributed by atoms with van der Waals surface area (Å²) in [5.41, 5.74) is -0.509. The fraction of sp³-hybridized carbons (Fsp3) is 0.833. The maximum Gasteiger partial charge on any atom is 0.410 e. The van der Waals surface area contributed by atoms with E-state index in [1.54, 1.807) is 15.7 Å². The Labute approximate surface area is 168 Å². The van der Waals surface area contributed by atoms with E-state index < -0.39 is 11.6 Å². The SMILES string of the molecule is CC(C)(C)OC(=O)N1CC2CC(C1)C(C(=O)NCCSSCCC(=O)O)C2. The number of carbonyl (C=O) groups is 3. The van der Waals surface area contributed by atoms with Crippen molar-refractivity contribution in [2.24, 2.45) is 17.8 Å². The summed E-state index contributed by atoms with van der Waals surface area (Å²) in [7, 11) is 3.09. The minimum absolute atomic E-state index is 0.0351. The molecule has 2 bridgehead atoms. The van der Waals surface area contributed by atoms with Gasteiger partial charge in [-0.2, -0.15) is 0 Å². The van der Waals surface area contributed by atoms with Crippen LogP contribution in [0.1, 0.15) is 40.0 Å². The molecule has 3 atom stereocenters. The number of piperidine rings is 1. The molecular weight excluding hydrogens is 388 g/mol. The molecule has 3 unspecified atom stereocenters. The van der Waals surface area contributed by atoms with E-state index in [-0.39, 0.29) is 30.3 Å². The molecule has 9 heteroatoms. The van der Waals surface area contributed by atoms with Crippen molar-refractivity contribution in [3.63, 3.8) is 0 Å². The van der Waals surface area contributed by atoms with Crippen LogP contribution >= 0.6 is 21.6 Å². The van der Waals surface area contributed by atoms with E-state index in [9.17, 15) is 14.4 Å². The van der Waals surface area contributed by atoms with Gasteiger partial charge in [0.25, 0.3) is 0 Å². The topological polar surface area (TPSA) is 95.9 Å². The fourth-order valence-corrected chi connectivity index (χ4v) is 5.54. The van der Waals surface area contributed by atoms with Crippen molar-refractivity contribution in [2.45, 2.75) is 45.6 Å². The molecule has 27 heavy (non-hydrogen) atoms. The number of carbonyl (C=O) groups excluding carboxylic acids is 2. The lowest BCUT2D eigenvalue weighted by Gasteiger charge is -2.34. The van der Waals surface area contributed by atoms with Crippen molar-refractivity contribution in [3.8, 4) is 0 Å². The van der Waals surface area contributed by atoms with Crippen molar-refractivity contribution in [1.29, 1.82) is 0 Å². The number of fused-ring (bicyclic) bond motifs is 2. The quantitative estimate of drug-likeness (QED) is 0.462. The predicted molar refractivity (Wildman–Crippen MR) is 108 cm³/mol. The number of aliphatic carboxylic acids is 1. The van der Waals surface area contributed by atoms with Gasteiger partial charge >= 0.3 is 12.1 Å². The highest BCUT2D eigenvalue weighted by Gasteiger charge is 2.45. The van der Waals surface area contributed by atoms with Crippen LogP contribution in [0.5, 0.6) is 0 Å². The van der Waals surface area contributed by atoms with Gasteiger partial charge in [0.05, 0.1) is 6.42 Å². The van der Waals surface area contributed by atoms with Crippen molar-refractivity contribution in [1.82, 2.24) is 10.2 Å². The summed E-state index contributed by atoms with van der Waals surface area (Å²) in [6.45, 7) is 7.41. The smallest absolute Gasteiger partial charge is 0.410 e. The van der Waals surface area contributed by atoms with Crippen LogP contribution in [0.4, 0.5) is 4.79 Å². The fourth-order valence-electron chi connectivity index (χ4n) is 3.65. The van der Waals surface area contributed by atoms with E-state index >= 15 is 0 Å². The molecule has 154 valence electrons. The Bertz CT molecular complexity index is 552. The number of likely N-dealkylation sites (tertiary alicyclic amines) is 1. The van der Waals surface area contributed by atoms with Gasteiger partial charge in [0, 0.05) is 37.1 Å². The molecule has 0 aromatic carbocycles. The Hall–Kier alpha value is -1.09. The van der Waals surface area contributed by atoms with Crippen LogP contribution in [0.2, 0.25) is 0 Å². The number of ether oxygens (including phenoxy) is 1. The second kappa shape index (κ2) is 9.91. The second-order valence-electron chi connectivity index (χ2n) is 8.17. The van der Waals surface area contributed by atoms with Crippen molar-refractivity contribution < 1.29 is 24.2 Å². The molecule has 2 amide bonds. The highest BCUT2D eigenvalue weighted by molar-refractivity contribution is 8.76. The zero-order valence-corrected chi connectivity index (χ0v) is 17.9. The lowest BCUT2D eigenvalue weighted by atomic mass is 9.94.